The van der Waals surface area contributed by atoms with Crippen LogP contribution in [0.25, 0.3) is 0 Å². The topological polar surface area (TPSA) is 78.3 Å². The van der Waals surface area contributed by atoms with Gasteiger partial charge in [-0.1, -0.05) is 13.8 Å². The van der Waals surface area contributed by atoms with E-state index in [0.717, 1.165) is 38.2 Å². The van der Waals surface area contributed by atoms with E-state index in [0.29, 0.717) is 45.9 Å². The summed E-state index contributed by atoms with van der Waals surface area (Å²) in [7, 11) is 0. The zero-order chi connectivity index (χ0) is 21.3. The third-order valence-corrected chi connectivity index (χ3v) is 6.16. The van der Waals surface area contributed by atoms with E-state index >= 15 is 0 Å². The van der Waals surface area contributed by atoms with Crippen LogP contribution in [0.15, 0.2) is 22.8 Å². The quantitative estimate of drug-likeness (QED) is 0.650. The van der Waals surface area contributed by atoms with E-state index in [-0.39, 0.29) is 23.8 Å². The summed E-state index contributed by atoms with van der Waals surface area (Å²) >= 11 is 0. The molecule has 2 fully saturated rings. The SMILES string of the molecule is CCN(CC)C(CNC(=O)CN1CCCC(C(=O)N2CCOCC2)C1)c1ccco1. The van der Waals surface area contributed by atoms with Gasteiger partial charge in [-0.2, -0.15) is 0 Å². The zero-order valence-electron chi connectivity index (χ0n) is 18.3. The van der Waals surface area contributed by atoms with Crippen LogP contribution < -0.4 is 5.32 Å². The van der Waals surface area contributed by atoms with Crippen LogP contribution in [0.5, 0.6) is 0 Å². The molecule has 30 heavy (non-hydrogen) atoms. The molecule has 2 amide bonds. The highest BCUT2D eigenvalue weighted by Gasteiger charge is 2.31. The first kappa shape index (κ1) is 22.8. The molecule has 2 saturated heterocycles. The van der Waals surface area contributed by atoms with Crippen molar-refractivity contribution in [2.24, 2.45) is 5.92 Å². The van der Waals surface area contributed by atoms with E-state index in [9.17, 15) is 9.59 Å². The van der Waals surface area contributed by atoms with Crippen LogP contribution in [0.4, 0.5) is 0 Å². The van der Waals surface area contributed by atoms with Crippen LogP contribution in [0.3, 0.4) is 0 Å². The Labute approximate surface area is 179 Å². The summed E-state index contributed by atoms with van der Waals surface area (Å²) in [6.07, 6.45) is 3.52. The first-order valence-corrected chi connectivity index (χ1v) is 11.2. The number of likely N-dealkylation sites (tertiary alicyclic amines) is 1. The second-order valence-corrected chi connectivity index (χ2v) is 8.07. The lowest BCUT2D eigenvalue weighted by molar-refractivity contribution is -0.142. The van der Waals surface area contributed by atoms with Crippen molar-refractivity contribution in [3.63, 3.8) is 0 Å². The van der Waals surface area contributed by atoms with Crippen molar-refractivity contribution in [2.75, 3.05) is 65.6 Å². The molecule has 2 aliphatic heterocycles. The smallest absolute Gasteiger partial charge is 0.234 e. The molecule has 168 valence electrons. The van der Waals surface area contributed by atoms with E-state index in [1.54, 1.807) is 6.26 Å². The lowest BCUT2D eigenvalue weighted by Gasteiger charge is -2.36. The van der Waals surface area contributed by atoms with Crippen molar-refractivity contribution in [3.05, 3.63) is 24.2 Å². The molecule has 0 bridgehead atoms. The highest BCUT2D eigenvalue weighted by Crippen LogP contribution is 2.21. The van der Waals surface area contributed by atoms with Gasteiger partial charge < -0.3 is 19.4 Å². The number of nitrogens with one attached hydrogen (secondary N) is 1. The minimum absolute atomic E-state index is 0.00168. The molecule has 1 N–H and O–H groups in total. The molecular weight excluding hydrogens is 384 g/mol. The summed E-state index contributed by atoms with van der Waals surface area (Å²) in [5.74, 6) is 1.06. The highest BCUT2D eigenvalue weighted by molar-refractivity contribution is 5.80. The molecule has 3 rings (SSSR count). The monoisotopic (exact) mass is 420 g/mol. The number of likely N-dealkylation sites (N-methyl/N-ethyl adjacent to an activating group) is 1. The Kier molecular flexibility index (Phi) is 8.72. The minimum Gasteiger partial charge on any atom is -0.468 e. The Balaban J connectivity index is 1.49. The third-order valence-electron chi connectivity index (χ3n) is 6.16. The molecule has 2 aliphatic rings. The van der Waals surface area contributed by atoms with Crippen molar-refractivity contribution in [2.45, 2.75) is 32.7 Å². The summed E-state index contributed by atoms with van der Waals surface area (Å²) in [6.45, 7) is 10.9. The summed E-state index contributed by atoms with van der Waals surface area (Å²) < 4.78 is 11.0. The highest BCUT2D eigenvalue weighted by atomic mass is 16.5. The van der Waals surface area contributed by atoms with Crippen LogP contribution in [0, 0.1) is 5.92 Å². The van der Waals surface area contributed by atoms with Crippen LogP contribution in [0.1, 0.15) is 38.5 Å². The number of morpholine rings is 1. The van der Waals surface area contributed by atoms with Gasteiger partial charge in [-0.05, 0) is 44.6 Å². The van der Waals surface area contributed by atoms with Crippen molar-refractivity contribution in [3.8, 4) is 0 Å². The first-order valence-electron chi connectivity index (χ1n) is 11.2. The number of hydrogen-bond acceptors (Lipinski definition) is 6. The molecule has 3 heterocycles. The number of furan rings is 1. The zero-order valence-corrected chi connectivity index (χ0v) is 18.3. The maximum atomic E-state index is 12.8. The first-order chi connectivity index (χ1) is 14.6. The molecule has 2 unspecified atom stereocenters. The van der Waals surface area contributed by atoms with Crippen molar-refractivity contribution in [1.29, 1.82) is 0 Å². The maximum absolute atomic E-state index is 12.8. The summed E-state index contributed by atoms with van der Waals surface area (Å²) in [6, 6.07) is 3.87. The Morgan fingerprint density at radius 1 is 1.23 bits per heavy atom. The molecule has 1 aromatic rings. The number of ether oxygens (including phenoxy) is 1. The van der Waals surface area contributed by atoms with Crippen molar-refractivity contribution < 1.29 is 18.7 Å². The number of carbonyl (C=O) groups excluding carboxylic acids is 2. The predicted octanol–water partition coefficient (Wildman–Crippen LogP) is 1.35. The second kappa shape index (κ2) is 11.5. The molecule has 0 aromatic carbocycles. The molecule has 0 saturated carbocycles. The van der Waals surface area contributed by atoms with Gasteiger partial charge in [0.05, 0.1) is 38.0 Å². The summed E-state index contributed by atoms with van der Waals surface area (Å²) in [4.78, 5) is 31.7. The van der Waals surface area contributed by atoms with Gasteiger partial charge >= 0.3 is 0 Å². The lowest BCUT2D eigenvalue weighted by Crippen LogP contribution is -2.50. The predicted molar refractivity (Wildman–Crippen MR) is 114 cm³/mol. The van der Waals surface area contributed by atoms with Crippen LogP contribution in [-0.2, 0) is 14.3 Å². The second-order valence-electron chi connectivity index (χ2n) is 8.07. The lowest BCUT2D eigenvalue weighted by atomic mass is 9.96. The van der Waals surface area contributed by atoms with E-state index < -0.39 is 0 Å². The van der Waals surface area contributed by atoms with Crippen LogP contribution in [0.2, 0.25) is 0 Å². The third kappa shape index (κ3) is 6.06. The Morgan fingerprint density at radius 3 is 2.67 bits per heavy atom. The van der Waals surface area contributed by atoms with Gasteiger partial charge in [0, 0.05) is 26.2 Å². The minimum atomic E-state index is -0.0174. The van der Waals surface area contributed by atoms with Crippen LogP contribution in [-0.4, -0.2) is 92.1 Å². The van der Waals surface area contributed by atoms with E-state index in [2.05, 4.69) is 29.0 Å². The van der Waals surface area contributed by atoms with Gasteiger partial charge in [-0.25, -0.2) is 0 Å². The molecule has 8 nitrogen and oxygen atoms in total. The Hall–Kier alpha value is -1.90. The van der Waals surface area contributed by atoms with Crippen molar-refractivity contribution in [1.82, 2.24) is 20.0 Å². The van der Waals surface area contributed by atoms with Gasteiger partial charge in [0.1, 0.15) is 5.76 Å². The summed E-state index contributed by atoms with van der Waals surface area (Å²) in [5.41, 5.74) is 0. The van der Waals surface area contributed by atoms with Gasteiger partial charge in [-0.3, -0.25) is 19.4 Å². The maximum Gasteiger partial charge on any atom is 0.234 e. The Bertz CT molecular complexity index is 656. The fourth-order valence-electron chi connectivity index (χ4n) is 4.47. The molecule has 1 aromatic heterocycles. The molecular formula is C22H36N4O4. The Morgan fingerprint density at radius 2 is 2.00 bits per heavy atom. The average Bonchev–Trinajstić information content (AvgIpc) is 3.31. The number of amides is 2. The molecule has 0 spiro atoms. The number of rotatable bonds is 9. The normalized spacial score (nSPS) is 21.6. The fourth-order valence-corrected chi connectivity index (χ4v) is 4.47. The van der Waals surface area contributed by atoms with E-state index in [1.165, 1.54) is 0 Å². The average molecular weight is 421 g/mol. The van der Waals surface area contributed by atoms with Gasteiger partial charge in [0.25, 0.3) is 0 Å². The largest absolute Gasteiger partial charge is 0.468 e. The van der Waals surface area contributed by atoms with Crippen LogP contribution >= 0.6 is 0 Å². The number of carbonyl (C=O) groups is 2. The van der Waals surface area contributed by atoms with E-state index in [1.807, 2.05) is 17.0 Å². The number of hydrogen-bond donors (Lipinski definition) is 1. The van der Waals surface area contributed by atoms with Gasteiger partial charge in [0.2, 0.25) is 11.8 Å². The fraction of sp³-hybridized carbons (Fsp3) is 0.727. The summed E-state index contributed by atoms with van der Waals surface area (Å²) in [5, 5.41) is 3.08. The van der Waals surface area contributed by atoms with Gasteiger partial charge in [-0.15, -0.1) is 0 Å². The van der Waals surface area contributed by atoms with Gasteiger partial charge in [0.15, 0.2) is 0 Å². The van der Waals surface area contributed by atoms with E-state index in [4.69, 9.17) is 9.15 Å². The standard InChI is InChI=1S/C22H36N4O4/c1-3-25(4-2)19(20-8-6-12-30-20)15-23-21(27)17-24-9-5-7-18(16-24)22(28)26-10-13-29-14-11-26/h6,8,12,18-19H,3-5,7,9-11,13-17H2,1-2H3,(H,23,27). The molecule has 0 aliphatic carbocycles. The molecule has 0 radical (unpaired) electrons. The number of nitrogens with zero attached hydrogens (tertiary/aromatic N) is 3. The van der Waals surface area contributed by atoms with Crippen molar-refractivity contribution >= 4 is 11.8 Å². The number of piperidine rings is 1. The molecule has 2 atom stereocenters. The molecule has 8 heteroatoms.